The minimum Gasteiger partial charge on any atom is -0.387 e. The van der Waals surface area contributed by atoms with E-state index in [1.807, 2.05) is 0 Å². The van der Waals surface area contributed by atoms with Crippen LogP contribution in [0.4, 0.5) is 0 Å². The van der Waals surface area contributed by atoms with E-state index < -0.39 is 16.3 Å². The molecule has 0 amide bonds. The van der Waals surface area contributed by atoms with Crippen molar-refractivity contribution in [2.45, 2.75) is 13.0 Å². The third kappa shape index (κ3) is 4.91. The van der Waals surface area contributed by atoms with Crippen molar-refractivity contribution in [2.24, 2.45) is 0 Å². The molecule has 19 heavy (non-hydrogen) atoms. The molecule has 0 spiro atoms. The molecule has 0 radical (unpaired) electrons. The van der Waals surface area contributed by atoms with E-state index in [-0.39, 0.29) is 6.54 Å². The normalized spacial score (nSPS) is 13.8. The molecule has 1 atom stereocenters. The van der Waals surface area contributed by atoms with E-state index in [1.54, 1.807) is 6.92 Å². The number of nitrogens with one attached hydrogen (secondary N) is 1. The number of benzene rings is 1. The van der Waals surface area contributed by atoms with Gasteiger partial charge in [0.25, 0.3) is 10.2 Å². The summed E-state index contributed by atoms with van der Waals surface area (Å²) in [4.78, 5) is 0. The number of aliphatic hydroxyl groups is 1. The van der Waals surface area contributed by atoms with Gasteiger partial charge in [0.2, 0.25) is 0 Å². The van der Waals surface area contributed by atoms with Crippen LogP contribution in [0.5, 0.6) is 0 Å². The molecule has 1 aromatic carbocycles. The minimum atomic E-state index is -3.58. The third-order valence-corrected chi connectivity index (χ3v) is 4.63. The van der Waals surface area contributed by atoms with E-state index in [4.69, 9.17) is 23.2 Å². The molecular formula is C11H16Cl2N2O3S. The maximum atomic E-state index is 11.7. The Hall–Kier alpha value is -0.370. The fourth-order valence-electron chi connectivity index (χ4n) is 1.35. The Morgan fingerprint density at radius 3 is 2.32 bits per heavy atom. The van der Waals surface area contributed by atoms with Gasteiger partial charge in [0.05, 0.1) is 6.10 Å². The first-order valence-electron chi connectivity index (χ1n) is 5.61. The molecule has 0 bridgehead atoms. The second-order valence-electron chi connectivity index (χ2n) is 3.99. The monoisotopic (exact) mass is 326 g/mol. The molecule has 0 heterocycles. The summed E-state index contributed by atoms with van der Waals surface area (Å²) in [5.41, 5.74) is 0.458. The van der Waals surface area contributed by atoms with Crippen LogP contribution in [0.15, 0.2) is 18.2 Å². The molecule has 0 aromatic heterocycles. The van der Waals surface area contributed by atoms with E-state index in [2.05, 4.69) is 4.72 Å². The molecule has 1 aromatic rings. The van der Waals surface area contributed by atoms with Gasteiger partial charge in [-0.2, -0.15) is 17.4 Å². The smallest absolute Gasteiger partial charge is 0.279 e. The van der Waals surface area contributed by atoms with Crippen LogP contribution in [0.3, 0.4) is 0 Å². The number of aliphatic hydroxyl groups excluding tert-OH is 1. The van der Waals surface area contributed by atoms with Crippen molar-refractivity contribution in [3.8, 4) is 0 Å². The molecule has 0 aliphatic heterocycles. The highest BCUT2D eigenvalue weighted by Crippen LogP contribution is 2.23. The molecule has 0 saturated heterocycles. The summed E-state index contributed by atoms with van der Waals surface area (Å²) in [6.45, 7) is 1.91. The second-order valence-corrected chi connectivity index (χ2v) is 6.72. The van der Waals surface area contributed by atoms with Crippen LogP contribution < -0.4 is 4.72 Å². The molecule has 0 fully saturated rings. The molecule has 8 heteroatoms. The summed E-state index contributed by atoms with van der Waals surface area (Å²) in [6, 6.07) is 4.61. The van der Waals surface area contributed by atoms with Crippen LogP contribution in [0.1, 0.15) is 18.6 Å². The van der Waals surface area contributed by atoms with Crippen LogP contribution in [-0.4, -0.2) is 38.0 Å². The van der Waals surface area contributed by atoms with Crippen LogP contribution >= 0.6 is 23.2 Å². The maximum absolute atomic E-state index is 11.7. The number of halogens is 2. The molecule has 2 N–H and O–H groups in total. The first-order chi connectivity index (χ1) is 8.76. The lowest BCUT2D eigenvalue weighted by molar-refractivity contribution is 0.181. The van der Waals surface area contributed by atoms with E-state index >= 15 is 0 Å². The van der Waals surface area contributed by atoms with Crippen LogP contribution in [0.2, 0.25) is 10.0 Å². The van der Waals surface area contributed by atoms with Gasteiger partial charge in [0.1, 0.15) is 0 Å². The number of hydrogen-bond acceptors (Lipinski definition) is 3. The zero-order valence-electron chi connectivity index (χ0n) is 10.6. The first-order valence-corrected chi connectivity index (χ1v) is 7.81. The van der Waals surface area contributed by atoms with E-state index in [0.29, 0.717) is 22.2 Å². The van der Waals surface area contributed by atoms with Gasteiger partial charge in [-0.15, -0.1) is 0 Å². The lowest BCUT2D eigenvalue weighted by atomic mass is 10.1. The Balaban J connectivity index is 2.73. The van der Waals surface area contributed by atoms with Gasteiger partial charge in [-0.05, 0) is 23.8 Å². The summed E-state index contributed by atoms with van der Waals surface area (Å²) < 4.78 is 26.8. The van der Waals surface area contributed by atoms with Crippen molar-refractivity contribution in [2.75, 3.05) is 20.1 Å². The molecule has 0 saturated carbocycles. The fourth-order valence-corrected chi connectivity index (χ4v) is 2.82. The summed E-state index contributed by atoms with van der Waals surface area (Å²) in [7, 11) is -2.13. The molecule has 1 unspecified atom stereocenters. The van der Waals surface area contributed by atoms with Crippen molar-refractivity contribution in [1.29, 1.82) is 0 Å². The standard InChI is InChI=1S/C11H16Cl2N2O3S/c1-3-15(2)19(17,18)14-7-11(16)8-4-9(12)6-10(13)5-8/h4-6,11,14,16H,3,7H2,1-2H3. The Morgan fingerprint density at radius 1 is 1.32 bits per heavy atom. The average molecular weight is 327 g/mol. The number of nitrogens with zero attached hydrogens (tertiary/aromatic N) is 1. The topological polar surface area (TPSA) is 69.6 Å². The second kappa shape index (κ2) is 6.88. The van der Waals surface area contributed by atoms with Gasteiger partial charge in [-0.25, -0.2) is 0 Å². The zero-order valence-corrected chi connectivity index (χ0v) is 12.9. The Bertz CT molecular complexity index is 516. The van der Waals surface area contributed by atoms with Crippen LogP contribution in [-0.2, 0) is 10.2 Å². The summed E-state index contributed by atoms with van der Waals surface area (Å²) >= 11 is 11.6. The summed E-state index contributed by atoms with van der Waals surface area (Å²) in [6.07, 6.45) is -1.02. The highest BCUT2D eigenvalue weighted by Gasteiger charge is 2.18. The van der Waals surface area contributed by atoms with Crippen molar-refractivity contribution in [1.82, 2.24) is 9.03 Å². The highest BCUT2D eigenvalue weighted by atomic mass is 35.5. The lowest BCUT2D eigenvalue weighted by Gasteiger charge is -2.18. The number of hydrogen-bond donors (Lipinski definition) is 2. The molecular weight excluding hydrogens is 311 g/mol. The van der Waals surface area contributed by atoms with Crippen LogP contribution in [0.25, 0.3) is 0 Å². The molecule has 0 aliphatic rings. The van der Waals surface area contributed by atoms with Gasteiger partial charge >= 0.3 is 0 Å². The van der Waals surface area contributed by atoms with Gasteiger partial charge in [0.15, 0.2) is 0 Å². The van der Waals surface area contributed by atoms with Crippen molar-refractivity contribution in [3.63, 3.8) is 0 Å². The summed E-state index contributed by atoms with van der Waals surface area (Å²) in [5, 5.41) is 10.7. The Kier molecular flexibility index (Phi) is 6.04. The van der Waals surface area contributed by atoms with Gasteiger partial charge in [-0.3, -0.25) is 0 Å². The van der Waals surface area contributed by atoms with E-state index in [0.717, 1.165) is 4.31 Å². The molecule has 0 aliphatic carbocycles. The lowest BCUT2D eigenvalue weighted by Crippen LogP contribution is -2.39. The largest absolute Gasteiger partial charge is 0.387 e. The van der Waals surface area contributed by atoms with Crippen molar-refractivity contribution >= 4 is 33.4 Å². The minimum absolute atomic E-state index is 0.149. The van der Waals surface area contributed by atoms with Gasteiger partial charge in [-0.1, -0.05) is 30.1 Å². The zero-order chi connectivity index (χ0) is 14.6. The molecule has 1 rings (SSSR count). The average Bonchev–Trinajstić information content (AvgIpc) is 2.33. The van der Waals surface area contributed by atoms with Crippen LogP contribution in [0, 0.1) is 0 Å². The third-order valence-electron chi connectivity index (χ3n) is 2.58. The fraction of sp³-hybridized carbons (Fsp3) is 0.455. The predicted octanol–water partition coefficient (Wildman–Crippen LogP) is 1.81. The predicted molar refractivity (Wildman–Crippen MR) is 76.6 cm³/mol. The van der Waals surface area contributed by atoms with E-state index in [1.165, 1.54) is 25.2 Å². The van der Waals surface area contributed by atoms with Gasteiger partial charge in [0, 0.05) is 30.2 Å². The van der Waals surface area contributed by atoms with Gasteiger partial charge < -0.3 is 5.11 Å². The number of rotatable bonds is 6. The highest BCUT2D eigenvalue weighted by molar-refractivity contribution is 7.87. The first kappa shape index (κ1) is 16.7. The Morgan fingerprint density at radius 2 is 1.84 bits per heavy atom. The maximum Gasteiger partial charge on any atom is 0.279 e. The molecule has 5 nitrogen and oxygen atoms in total. The van der Waals surface area contributed by atoms with E-state index in [9.17, 15) is 13.5 Å². The molecule has 108 valence electrons. The van der Waals surface area contributed by atoms with Crippen molar-refractivity contribution < 1.29 is 13.5 Å². The van der Waals surface area contributed by atoms with Crippen molar-refractivity contribution in [3.05, 3.63) is 33.8 Å². The quantitative estimate of drug-likeness (QED) is 0.837. The SMILES string of the molecule is CCN(C)S(=O)(=O)NCC(O)c1cc(Cl)cc(Cl)c1. The summed E-state index contributed by atoms with van der Waals surface area (Å²) in [5.74, 6) is 0. The Labute approximate surface area is 123 Å².